The van der Waals surface area contributed by atoms with Crippen molar-refractivity contribution in [3.63, 3.8) is 0 Å². The number of nitrogens with one attached hydrogen (secondary N) is 2. The minimum Gasteiger partial charge on any atom is -0.284 e. The monoisotopic (exact) mass is 203 g/mol. The lowest BCUT2D eigenvalue weighted by Gasteiger charge is -2.30. The van der Waals surface area contributed by atoms with Gasteiger partial charge in [0.15, 0.2) is 0 Å². The first kappa shape index (κ1) is 10.0. The van der Waals surface area contributed by atoms with Gasteiger partial charge in [0.25, 0.3) is 0 Å². The van der Waals surface area contributed by atoms with Gasteiger partial charge in [0, 0.05) is 17.8 Å². The van der Waals surface area contributed by atoms with E-state index in [0.29, 0.717) is 5.70 Å². The van der Waals surface area contributed by atoms with Crippen LogP contribution < -0.4 is 4.72 Å². The van der Waals surface area contributed by atoms with Gasteiger partial charge in [0.1, 0.15) is 5.84 Å². The Kier molecular flexibility index (Phi) is 2.34. The molecule has 6 heteroatoms. The molecular weight excluding hydrogens is 190 g/mol. The number of rotatable bonds is 1. The fourth-order valence-corrected chi connectivity index (χ4v) is 2.67. The minimum atomic E-state index is -3.53. The standard InChI is InChI=1S/C7H13N3O2S/c1-5(2)10-7(8)4-6(3)9-13(10,11)12/h4-5,8-9H,1-3H3. The van der Waals surface area contributed by atoms with Crippen molar-refractivity contribution in [2.45, 2.75) is 26.8 Å². The molecule has 0 atom stereocenters. The fourth-order valence-electron chi connectivity index (χ4n) is 1.24. The molecule has 0 spiro atoms. The van der Waals surface area contributed by atoms with Crippen LogP contribution in [0, 0.1) is 5.41 Å². The zero-order chi connectivity index (χ0) is 10.2. The Morgan fingerprint density at radius 2 is 2.08 bits per heavy atom. The molecule has 0 aromatic heterocycles. The van der Waals surface area contributed by atoms with Gasteiger partial charge in [0.05, 0.1) is 0 Å². The highest BCUT2D eigenvalue weighted by molar-refractivity contribution is 7.88. The van der Waals surface area contributed by atoms with E-state index in [1.54, 1.807) is 20.8 Å². The van der Waals surface area contributed by atoms with E-state index in [1.165, 1.54) is 6.08 Å². The highest BCUT2D eigenvalue weighted by Crippen LogP contribution is 2.13. The van der Waals surface area contributed by atoms with E-state index in [1.807, 2.05) is 0 Å². The molecule has 0 radical (unpaired) electrons. The molecule has 0 aliphatic carbocycles. The molecule has 0 aromatic carbocycles. The predicted molar refractivity (Wildman–Crippen MR) is 50.5 cm³/mol. The molecule has 13 heavy (non-hydrogen) atoms. The highest BCUT2D eigenvalue weighted by atomic mass is 32.2. The van der Waals surface area contributed by atoms with Gasteiger partial charge >= 0.3 is 10.2 Å². The predicted octanol–water partition coefficient (Wildman–Crippen LogP) is 0.426. The lowest BCUT2D eigenvalue weighted by Crippen LogP contribution is -2.49. The molecule has 0 unspecified atom stereocenters. The van der Waals surface area contributed by atoms with Gasteiger partial charge in [-0.3, -0.25) is 10.1 Å². The molecule has 0 bridgehead atoms. The van der Waals surface area contributed by atoms with Crippen molar-refractivity contribution >= 4 is 16.0 Å². The van der Waals surface area contributed by atoms with Gasteiger partial charge in [-0.1, -0.05) is 0 Å². The third kappa shape index (κ3) is 1.82. The lowest BCUT2D eigenvalue weighted by molar-refractivity contribution is 0.460. The maximum Gasteiger partial charge on any atom is 0.325 e. The summed E-state index contributed by atoms with van der Waals surface area (Å²) >= 11 is 0. The summed E-state index contributed by atoms with van der Waals surface area (Å²) in [5, 5.41) is 7.49. The van der Waals surface area contributed by atoms with Crippen molar-refractivity contribution in [1.82, 2.24) is 9.03 Å². The van der Waals surface area contributed by atoms with E-state index in [0.717, 1.165) is 4.31 Å². The maximum absolute atomic E-state index is 11.5. The molecule has 1 aliphatic rings. The summed E-state index contributed by atoms with van der Waals surface area (Å²) in [6, 6.07) is -0.241. The normalized spacial score (nSPS) is 21.4. The van der Waals surface area contributed by atoms with Crippen LogP contribution in [-0.4, -0.2) is 24.6 Å². The van der Waals surface area contributed by atoms with E-state index in [9.17, 15) is 8.42 Å². The lowest BCUT2D eigenvalue weighted by atomic mass is 10.3. The molecule has 5 nitrogen and oxygen atoms in total. The van der Waals surface area contributed by atoms with Crippen LogP contribution in [0.5, 0.6) is 0 Å². The summed E-state index contributed by atoms with van der Waals surface area (Å²) < 4.78 is 26.3. The number of hydrogen-bond acceptors (Lipinski definition) is 3. The Morgan fingerprint density at radius 3 is 2.46 bits per heavy atom. The molecule has 0 amide bonds. The summed E-state index contributed by atoms with van der Waals surface area (Å²) in [7, 11) is -3.53. The average Bonchev–Trinajstić information content (AvgIpc) is 1.78. The third-order valence-electron chi connectivity index (χ3n) is 1.61. The average molecular weight is 203 g/mol. The molecule has 0 fully saturated rings. The molecule has 74 valence electrons. The molecule has 0 saturated heterocycles. The van der Waals surface area contributed by atoms with E-state index in [4.69, 9.17) is 5.41 Å². The van der Waals surface area contributed by atoms with Gasteiger partial charge in [-0.2, -0.15) is 8.42 Å². The summed E-state index contributed by atoms with van der Waals surface area (Å²) in [5.74, 6) is 0.00579. The topological polar surface area (TPSA) is 73.3 Å². The summed E-state index contributed by atoms with van der Waals surface area (Å²) in [6.07, 6.45) is 1.49. The first-order valence-corrected chi connectivity index (χ1v) is 5.37. The highest BCUT2D eigenvalue weighted by Gasteiger charge is 2.29. The van der Waals surface area contributed by atoms with E-state index in [-0.39, 0.29) is 11.9 Å². The van der Waals surface area contributed by atoms with Crippen molar-refractivity contribution in [2.75, 3.05) is 0 Å². The Bertz CT molecular complexity index is 356. The van der Waals surface area contributed by atoms with Crippen molar-refractivity contribution in [1.29, 1.82) is 5.41 Å². The maximum atomic E-state index is 11.5. The largest absolute Gasteiger partial charge is 0.325 e. The van der Waals surface area contributed by atoms with Crippen LogP contribution in [-0.2, 0) is 10.2 Å². The van der Waals surface area contributed by atoms with E-state index in [2.05, 4.69) is 4.72 Å². The molecule has 1 heterocycles. The number of nitrogens with zero attached hydrogens (tertiary/aromatic N) is 1. The van der Waals surface area contributed by atoms with E-state index < -0.39 is 10.2 Å². The smallest absolute Gasteiger partial charge is 0.284 e. The Morgan fingerprint density at radius 1 is 1.54 bits per heavy atom. The van der Waals surface area contributed by atoms with Crippen LogP contribution in [0.3, 0.4) is 0 Å². The zero-order valence-electron chi connectivity index (χ0n) is 7.83. The summed E-state index contributed by atoms with van der Waals surface area (Å²) in [4.78, 5) is 0. The van der Waals surface area contributed by atoms with Gasteiger partial charge in [0.2, 0.25) is 0 Å². The second-order valence-corrected chi connectivity index (χ2v) is 4.76. The second kappa shape index (κ2) is 3.02. The Labute approximate surface area is 78.1 Å². The van der Waals surface area contributed by atoms with Crippen molar-refractivity contribution in [2.24, 2.45) is 0 Å². The van der Waals surface area contributed by atoms with Crippen molar-refractivity contribution in [3.8, 4) is 0 Å². The first-order chi connectivity index (χ1) is 5.84. The summed E-state index contributed by atoms with van der Waals surface area (Å²) in [6.45, 7) is 5.06. The number of hydrogen-bond donors (Lipinski definition) is 2. The molecule has 1 rings (SSSR count). The van der Waals surface area contributed by atoms with Crippen LogP contribution >= 0.6 is 0 Å². The van der Waals surface area contributed by atoms with Crippen molar-refractivity contribution < 1.29 is 8.42 Å². The molecule has 2 N–H and O–H groups in total. The van der Waals surface area contributed by atoms with Gasteiger partial charge in [-0.05, 0) is 20.8 Å². The van der Waals surface area contributed by atoms with Gasteiger partial charge < -0.3 is 0 Å². The van der Waals surface area contributed by atoms with Gasteiger partial charge in [-0.25, -0.2) is 4.31 Å². The molecule has 0 saturated carbocycles. The summed E-state index contributed by atoms with van der Waals surface area (Å²) in [5.41, 5.74) is 0.474. The fraction of sp³-hybridized carbons (Fsp3) is 0.571. The van der Waals surface area contributed by atoms with Crippen LogP contribution in [0.2, 0.25) is 0 Å². The quantitative estimate of drug-likeness (QED) is 0.648. The third-order valence-corrected chi connectivity index (χ3v) is 3.32. The first-order valence-electron chi connectivity index (χ1n) is 3.93. The Balaban J connectivity index is 3.16. The SMILES string of the molecule is CC1=CC(=N)N(C(C)C)S(=O)(=O)N1. The van der Waals surface area contributed by atoms with Crippen LogP contribution in [0.25, 0.3) is 0 Å². The van der Waals surface area contributed by atoms with Crippen molar-refractivity contribution in [3.05, 3.63) is 11.8 Å². The number of allylic oxidation sites excluding steroid dienone is 1. The van der Waals surface area contributed by atoms with E-state index >= 15 is 0 Å². The van der Waals surface area contributed by atoms with Gasteiger partial charge in [-0.15, -0.1) is 0 Å². The number of amidine groups is 1. The minimum absolute atomic E-state index is 0.00579. The Hall–Kier alpha value is -1.04. The van der Waals surface area contributed by atoms with Crippen LogP contribution in [0.4, 0.5) is 0 Å². The molecule has 0 aromatic rings. The molecule has 1 aliphatic heterocycles. The zero-order valence-corrected chi connectivity index (χ0v) is 8.64. The second-order valence-electron chi connectivity index (χ2n) is 3.21. The van der Waals surface area contributed by atoms with Crippen LogP contribution in [0.15, 0.2) is 11.8 Å². The molecular formula is C7H13N3O2S. The van der Waals surface area contributed by atoms with Crippen LogP contribution in [0.1, 0.15) is 20.8 Å².